The number of hydrogen-bond donors (Lipinski definition) is 0. The molecule has 0 saturated heterocycles. The molecule has 17 heavy (non-hydrogen) atoms. The number of carbonyl (C=O) groups excluding carboxylic acids is 1. The molecule has 1 rings (SSSR count). The summed E-state index contributed by atoms with van der Waals surface area (Å²) in [5.74, 6) is -0.320. The Balaban J connectivity index is 2.74. The van der Waals surface area contributed by atoms with Crippen LogP contribution in [-0.4, -0.2) is 11.6 Å². The molecule has 0 radical (unpaired) electrons. The zero-order valence-corrected chi connectivity index (χ0v) is 12.2. The Labute approximate surface area is 111 Å². The van der Waals surface area contributed by atoms with Gasteiger partial charge < -0.3 is 4.74 Å². The van der Waals surface area contributed by atoms with Gasteiger partial charge in [-0.25, -0.2) is 4.79 Å². The van der Waals surface area contributed by atoms with Crippen LogP contribution in [0.15, 0.2) is 28.7 Å². The monoisotopic (exact) mass is 296 g/mol. The molecule has 0 aliphatic carbocycles. The second-order valence-corrected chi connectivity index (χ2v) is 5.78. The van der Waals surface area contributed by atoms with E-state index in [0.29, 0.717) is 0 Å². The molecule has 0 fully saturated rings. The Kier molecular flexibility index (Phi) is 4.52. The Morgan fingerprint density at radius 2 is 2.00 bits per heavy atom. The minimum Gasteiger partial charge on any atom is -0.457 e. The number of aryl methyl sites for hydroxylation is 1. The van der Waals surface area contributed by atoms with Crippen molar-refractivity contribution in [3.8, 4) is 0 Å². The summed E-state index contributed by atoms with van der Waals surface area (Å²) < 4.78 is 6.22. The normalized spacial score (nSPS) is 11.8. The van der Waals surface area contributed by atoms with Crippen molar-refractivity contribution in [1.82, 2.24) is 0 Å². The predicted molar refractivity (Wildman–Crippen MR) is 73.8 cm³/mol. The van der Waals surface area contributed by atoms with Gasteiger partial charge in [0.2, 0.25) is 0 Å². The minimum absolute atomic E-state index is 0.320. The van der Waals surface area contributed by atoms with Crippen LogP contribution in [0.2, 0.25) is 0 Å². The van der Waals surface area contributed by atoms with Crippen LogP contribution in [-0.2, 0) is 9.53 Å². The Morgan fingerprint density at radius 3 is 2.53 bits per heavy atom. The molecule has 0 atom stereocenters. The van der Waals surface area contributed by atoms with Gasteiger partial charge in [-0.3, -0.25) is 0 Å². The molecular weight excluding hydrogens is 280 g/mol. The van der Waals surface area contributed by atoms with Gasteiger partial charge in [0.05, 0.1) is 0 Å². The zero-order chi connectivity index (χ0) is 13.1. The van der Waals surface area contributed by atoms with E-state index >= 15 is 0 Å². The van der Waals surface area contributed by atoms with Crippen molar-refractivity contribution in [2.24, 2.45) is 0 Å². The number of ether oxygens (including phenoxy) is 1. The quantitative estimate of drug-likeness (QED) is 0.606. The third-order valence-electron chi connectivity index (χ3n) is 2.04. The van der Waals surface area contributed by atoms with Gasteiger partial charge >= 0.3 is 5.97 Å². The van der Waals surface area contributed by atoms with E-state index in [4.69, 9.17) is 4.74 Å². The highest BCUT2D eigenvalue weighted by atomic mass is 79.9. The maximum Gasteiger partial charge on any atom is 0.331 e. The molecule has 0 heterocycles. The fourth-order valence-corrected chi connectivity index (χ4v) is 1.80. The van der Waals surface area contributed by atoms with Crippen molar-refractivity contribution in [3.63, 3.8) is 0 Å². The van der Waals surface area contributed by atoms with E-state index in [1.54, 1.807) is 6.08 Å². The summed E-state index contributed by atoms with van der Waals surface area (Å²) in [5, 5.41) is 0. The lowest BCUT2D eigenvalue weighted by Crippen LogP contribution is -2.22. The molecule has 0 unspecified atom stereocenters. The Morgan fingerprint density at radius 1 is 1.35 bits per heavy atom. The lowest BCUT2D eigenvalue weighted by Gasteiger charge is -2.17. The van der Waals surface area contributed by atoms with E-state index < -0.39 is 5.60 Å². The van der Waals surface area contributed by atoms with Gasteiger partial charge in [-0.1, -0.05) is 22.0 Å². The smallest absolute Gasteiger partial charge is 0.331 e. The van der Waals surface area contributed by atoms with Crippen molar-refractivity contribution < 1.29 is 9.53 Å². The highest BCUT2D eigenvalue weighted by Crippen LogP contribution is 2.17. The average Bonchev–Trinajstić information content (AvgIpc) is 2.13. The first kappa shape index (κ1) is 14.0. The lowest BCUT2D eigenvalue weighted by atomic mass is 10.1. The molecule has 0 spiro atoms. The number of carbonyl (C=O) groups is 1. The van der Waals surface area contributed by atoms with Gasteiger partial charge in [0.15, 0.2) is 0 Å². The average molecular weight is 297 g/mol. The van der Waals surface area contributed by atoms with Crippen LogP contribution in [0.4, 0.5) is 0 Å². The summed E-state index contributed by atoms with van der Waals surface area (Å²) in [6.07, 6.45) is 3.23. The molecule has 0 aromatic heterocycles. The first-order valence-corrected chi connectivity index (χ1v) is 6.24. The summed E-state index contributed by atoms with van der Waals surface area (Å²) >= 11 is 3.40. The molecule has 1 aromatic carbocycles. The summed E-state index contributed by atoms with van der Waals surface area (Å²) in [5.41, 5.74) is 1.68. The maximum atomic E-state index is 11.5. The molecule has 0 amide bonds. The van der Waals surface area contributed by atoms with Crippen LogP contribution in [0.1, 0.15) is 31.9 Å². The van der Waals surface area contributed by atoms with Gasteiger partial charge in [0.25, 0.3) is 0 Å². The molecule has 0 aliphatic heterocycles. The van der Waals surface area contributed by atoms with Crippen molar-refractivity contribution in [1.29, 1.82) is 0 Å². The number of rotatable bonds is 2. The molecule has 92 valence electrons. The number of benzene rings is 1. The maximum absolute atomic E-state index is 11.5. The number of hydrogen-bond acceptors (Lipinski definition) is 2. The highest BCUT2D eigenvalue weighted by Gasteiger charge is 2.13. The Bertz CT molecular complexity index is 442. The second kappa shape index (κ2) is 5.50. The summed E-state index contributed by atoms with van der Waals surface area (Å²) in [6.45, 7) is 7.55. The number of halogens is 1. The van der Waals surface area contributed by atoms with E-state index in [1.165, 1.54) is 6.08 Å². The van der Waals surface area contributed by atoms with E-state index in [-0.39, 0.29) is 5.97 Å². The van der Waals surface area contributed by atoms with E-state index in [1.807, 2.05) is 45.9 Å². The van der Waals surface area contributed by atoms with Crippen LogP contribution >= 0.6 is 15.9 Å². The first-order chi connectivity index (χ1) is 7.78. The molecule has 0 N–H and O–H groups in total. The molecule has 0 aliphatic rings. The van der Waals surface area contributed by atoms with Gasteiger partial charge in [-0.2, -0.15) is 0 Å². The molecular formula is C14H17BrO2. The van der Waals surface area contributed by atoms with Crippen molar-refractivity contribution in [2.45, 2.75) is 33.3 Å². The molecule has 0 bridgehead atoms. The van der Waals surface area contributed by atoms with Crippen molar-refractivity contribution in [3.05, 3.63) is 39.9 Å². The summed E-state index contributed by atoms with van der Waals surface area (Å²) in [7, 11) is 0. The van der Waals surface area contributed by atoms with Crippen LogP contribution in [0.5, 0.6) is 0 Å². The van der Waals surface area contributed by atoms with Crippen LogP contribution < -0.4 is 0 Å². The summed E-state index contributed by atoms with van der Waals surface area (Å²) in [6, 6.07) is 5.91. The molecule has 2 nitrogen and oxygen atoms in total. The lowest BCUT2D eigenvalue weighted by molar-refractivity contribution is -0.148. The zero-order valence-electron chi connectivity index (χ0n) is 10.6. The topological polar surface area (TPSA) is 26.3 Å². The SMILES string of the molecule is Cc1cc(Br)ccc1C=CC(=O)OC(C)(C)C. The third-order valence-corrected chi connectivity index (χ3v) is 2.53. The van der Waals surface area contributed by atoms with Crippen molar-refractivity contribution in [2.75, 3.05) is 0 Å². The predicted octanol–water partition coefficient (Wildman–Crippen LogP) is 4.11. The molecule has 1 aromatic rings. The van der Waals surface area contributed by atoms with Gasteiger partial charge in [0.1, 0.15) is 5.60 Å². The van der Waals surface area contributed by atoms with Crippen LogP contribution in [0, 0.1) is 6.92 Å². The molecule has 0 saturated carbocycles. The second-order valence-electron chi connectivity index (χ2n) is 4.87. The van der Waals surface area contributed by atoms with Crippen LogP contribution in [0.3, 0.4) is 0 Å². The fourth-order valence-electron chi connectivity index (χ4n) is 1.32. The van der Waals surface area contributed by atoms with Gasteiger partial charge in [-0.05, 0) is 57.0 Å². The van der Waals surface area contributed by atoms with E-state index in [9.17, 15) is 4.79 Å². The third kappa shape index (κ3) is 5.18. The highest BCUT2D eigenvalue weighted by molar-refractivity contribution is 9.10. The first-order valence-electron chi connectivity index (χ1n) is 5.45. The van der Waals surface area contributed by atoms with E-state index in [0.717, 1.165) is 15.6 Å². The number of esters is 1. The van der Waals surface area contributed by atoms with Gasteiger partial charge in [-0.15, -0.1) is 0 Å². The standard InChI is InChI=1S/C14H17BrO2/c1-10-9-12(15)7-5-11(10)6-8-13(16)17-14(2,3)4/h5-9H,1-4H3. The largest absolute Gasteiger partial charge is 0.457 e. The minimum atomic E-state index is -0.448. The molecule has 3 heteroatoms. The van der Waals surface area contributed by atoms with Crippen molar-refractivity contribution >= 4 is 28.0 Å². The fraction of sp³-hybridized carbons (Fsp3) is 0.357. The summed E-state index contributed by atoms with van der Waals surface area (Å²) in [4.78, 5) is 11.5. The Hall–Kier alpha value is -1.09. The van der Waals surface area contributed by atoms with Crippen LogP contribution in [0.25, 0.3) is 6.08 Å². The van der Waals surface area contributed by atoms with E-state index in [2.05, 4.69) is 15.9 Å². The van der Waals surface area contributed by atoms with Gasteiger partial charge in [0, 0.05) is 10.5 Å².